The van der Waals surface area contributed by atoms with E-state index in [0.29, 0.717) is 0 Å². The van der Waals surface area contributed by atoms with E-state index in [1.807, 2.05) is 0 Å². The Labute approximate surface area is 337 Å². The van der Waals surface area contributed by atoms with E-state index in [1.54, 1.807) is 5.56 Å². The summed E-state index contributed by atoms with van der Waals surface area (Å²) in [5.41, 5.74) is 22.9. The largest absolute Gasteiger partial charge is 0.376 e. The Balaban J connectivity index is 1.40. The number of fused-ring (bicyclic) bond motifs is 11. The first-order valence-electron chi connectivity index (χ1n) is 21.5. The molecule has 0 spiro atoms. The number of nitrogens with zero attached hydrogens (tertiary/aromatic N) is 2. The van der Waals surface area contributed by atoms with Crippen LogP contribution < -0.4 is 20.6 Å². The Morgan fingerprint density at radius 1 is 0.571 bits per heavy atom. The topological polar surface area (TPSA) is 6.48 Å². The van der Waals surface area contributed by atoms with E-state index in [9.17, 15) is 0 Å². The van der Waals surface area contributed by atoms with E-state index < -0.39 is 0 Å². The first kappa shape index (κ1) is 36.1. The number of benzene rings is 5. The fourth-order valence-electron chi connectivity index (χ4n) is 11.9. The predicted molar refractivity (Wildman–Crippen MR) is 242 cm³/mol. The first-order chi connectivity index (χ1) is 26.2. The minimum absolute atomic E-state index is 0.00597. The van der Waals surface area contributed by atoms with Crippen LogP contribution in [0.4, 0.5) is 22.7 Å². The normalized spacial score (nSPS) is 22.6. The van der Waals surface area contributed by atoms with Crippen molar-refractivity contribution >= 4 is 40.5 Å². The van der Waals surface area contributed by atoms with E-state index in [-0.39, 0.29) is 39.5 Å². The van der Waals surface area contributed by atoms with Crippen molar-refractivity contribution in [1.82, 2.24) is 0 Å². The van der Waals surface area contributed by atoms with Crippen LogP contribution in [0.1, 0.15) is 149 Å². The number of hydrogen-bond donors (Lipinski definition) is 0. The van der Waals surface area contributed by atoms with Gasteiger partial charge in [-0.1, -0.05) is 157 Å². The molecule has 2 atom stereocenters. The molecule has 5 aromatic rings. The molecule has 0 saturated heterocycles. The molecule has 3 heteroatoms. The highest BCUT2D eigenvalue weighted by Crippen LogP contribution is 2.64. The zero-order valence-corrected chi connectivity index (χ0v) is 36.4. The fraction of sp³-hybridized carbons (Fsp3) is 0.434. The lowest BCUT2D eigenvalue weighted by Crippen LogP contribution is -2.65. The number of rotatable bonds is 1. The second-order valence-electron chi connectivity index (χ2n) is 22.2. The van der Waals surface area contributed by atoms with Gasteiger partial charge in [0.15, 0.2) is 0 Å². The molecule has 0 radical (unpaired) electrons. The van der Waals surface area contributed by atoms with Crippen molar-refractivity contribution in [2.75, 3.05) is 9.71 Å². The number of anilines is 4. The Bertz CT molecular complexity index is 2500. The molecular formula is C53H61BN2. The van der Waals surface area contributed by atoms with Gasteiger partial charge in [0.1, 0.15) is 0 Å². The molecule has 3 heterocycles. The molecule has 5 aliphatic rings. The molecule has 2 aliphatic carbocycles. The summed E-state index contributed by atoms with van der Waals surface area (Å²) < 4.78 is 0. The van der Waals surface area contributed by atoms with Crippen molar-refractivity contribution in [3.8, 4) is 22.3 Å². The van der Waals surface area contributed by atoms with Crippen molar-refractivity contribution in [2.24, 2.45) is 0 Å². The highest BCUT2D eigenvalue weighted by Gasteiger charge is 2.62. The maximum atomic E-state index is 2.92. The van der Waals surface area contributed by atoms with Crippen LogP contribution in [-0.4, -0.2) is 12.4 Å². The van der Waals surface area contributed by atoms with Crippen LogP contribution in [-0.2, 0) is 27.1 Å². The molecule has 1 saturated carbocycles. The summed E-state index contributed by atoms with van der Waals surface area (Å²) in [6.07, 6.45) is 4.98. The maximum Gasteiger partial charge on any atom is 0.333 e. The van der Waals surface area contributed by atoms with E-state index in [4.69, 9.17) is 0 Å². The first-order valence-corrected chi connectivity index (χ1v) is 21.5. The summed E-state index contributed by atoms with van der Waals surface area (Å²) in [7, 11) is 0. The zero-order chi connectivity index (χ0) is 39.7. The van der Waals surface area contributed by atoms with Gasteiger partial charge in [0.05, 0.1) is 5.54 Å². The van der Waals surface area contributed by atoms with Gasteiger partial charge in [-0.25, -0.2) is 0 Å². The molecule has 2 unspecified atom stereocenters. The quantitative estimate of drug-likeness (QED) is 0.158. The lowest BCUT2D eigenvalue weighted by Gasteiger charge is -2.53. The highest BCUT2D eigenvalue weighted by molar-refractivity contribution is 6.93. The van der Waals surface area contributed by atoms with Crippen molar-refractivity contribution in [3.63, 3.8) is 0 Å². The van der Waals surface area contributed by atoms with Crippen LogP contribution in [0.25, 0.3) is 22.3 Å². The van der Waals surface area contributed by atoms with Crippen LogP contribution in [0.2, 0.25) is 0 Å². The highest BCUT2D eigenvalue weighted by atomic mass is 15.3. The predicted octanol–water partition coefficient (Wildman–Crippen LogP) is 12.9. The van der Waals surface area contributed by atoms with Crippen molar-refractivity contribution < 1.29 is 0 Å². The summed E-state index contributed by atoms with van der Waals surface area (Å²) in [5.74, 6) is 0. The molecule has 1 fully saturated rings. The second kappa shape index (κ2) is 11.0. The molecule has 56 heavy (non-hydrogen) atoms. The molecule has 0 bridgehead atoms. The van der Waals surface area contributed by atoms with Crippen LogP contribution in [0.5, 0.6) is 0 Å². The summed E-state index contributed by atoms with van der Waals surface area (Å²) >= 11 is 0. The average Bonchev–Trinajstić information content (AvgIpc) is 3.49. The van der Waals surface area contributed by atoms with Crippen LogP contribution in [0, 0.1) is 0 Å². The second-order valence-corrected chi connectivity index (χ2v) is 22.2. The van der Waals surface area contributed by atoms with E-state index in [0.717, 1.165) is 0 Å². The fourth-order valence-corrected chi connectivity index (χ4v) is 11.9. The number of hydrogen-bond acceptors (Lipinski definition) is 2. The summed E-state index contributed by atoms with van der Waals surface area (Å²) in [6, 6.07) is 34.4. The molecular weight excluding hydrogens is 675 g/mol. The third kappa shape index (κ3) is 4.52. The van der Waals surface area contributed by atoms with Gasteiger partial charge in [-0.3, -0.25) is 0 Å². The molecule has 5 aromatic carbocycles. The van der Waals surface area contributed by atoms with Crippen LogP contribution in [0.3, 0.4) is 0 Å². The van der Waals surface area contributed by atoms with E-state index in [1.165, 1.54) is 109 Å². The third-order valence-corrected chi connectivity index (χ3v) is 15.4. The molecule has 10 rings (SSSR count). The lowest BCUT2D eigenvalue weighted by molar-refractivity contribution is 0.195. The van der Waals surface area contributed by atoms with Crippen LogP contribution >= 0.6 is 0 Å². The Hall–Kier alpha value is -4.24. The Morgan fingerprint density at radius 3 is 1.89 bits per heavy atom. The minimum atomic E-state index is -0.149. The van der Waals surface area contributed by atoms with E-state index >= 15 is 0 Å². The Kier molecular flexibility index (Phi) is 7.12. The molecule has 286 valence electrons. The molecule has 3 aliphatic heterocycles. The average molecular weight is 737 g/mol. The lowest BCUT2D eigenvalue weighted by atomic mass is 9.42. The monoisotopic (exact) mass is 736 g/mol. The van der Waals surface area contributed by atoms with Gasteiger partial charge in [-0.05, 0) is 121 Å². The summed E-state index contributed by atoms with van der Waals surface area (Å²) in [6.45, 7) is 31.6. The smallest absolute Gasteiger partial charge is 0.333 e. The zero-order valence-electron chi connectivity index (χ0n) is 36.4. The van der Waals surface area contributed by atoms with Crippen molar-refractivity contribution in [2.45, 2.75) is 148 Å². The van der Waals surface area contributed by atoms with Gasteiger partial charge in [0, 0.05) is 39.1 Å². The van der Waals surface area contributed by atoms with Gasteiger partial charge in [0.25, 0.3) is 0 Å². The van der Waals surface area contributed by atoms with Crippen LogP contribution in [0.15, 0.2) is 84.9 Å². The van der Waals surface area contributed by atoms with Crippen molar-refractivity contribution in [3.05, 3.63) is 118 Å². The van der Waals surface area contributed by atoms with Gasteiger partial charge in [-0.15, -0.1) is 0 Å². The van der Waals surface area contributed by atoms with Gasteiger partial charge < -0.3 is 9.71 Å². The minimum Gasteiger partial charge on any atom is -0.376 e. The maximum absolute atomic E-state index is 2.92. The standard InChI is InChI=1S/C53H61BN2/c1-48(2,3)32-20-23-35(24-21-32)56-42-30-33(49(4,5)6)22-25-37(42)44-45-38(36-18-14-15-19-39(36)51(45,10)11)31-43-46(44)54(56)41-29-34(50(7,8)9)28-40-47(41)55(43)53(13)27-17-16-26-52(40,53)12/h14-15,18-25,28-31H,16-17,26-27H2,1-13H3. The van der Waals surface area contributed by atoms with Gasteiger partial charge in [-0.2, -0.15) is 0 Å². The molecule has 0 amide bonds. The molecule has 0 N–H and O–H groups in total. The summed E-state index contributed by atoms with van der Waals surface area (Å²) in [4.78, 5) is 5.69. The van der Waals surface area contributed by atoms with Crippen molar-refractivity contribution in [1.29, 1.82) is 0 Å². The van der Waals surface area contributed by atoms with Gasteiger partial charge >= 0.3 is 6.85 Å². The third-order valence-electron chi connectivity index (χ3n) is 15.4. The van der Waals surface area contributed by atoms with E-state index in [2.05, 4.69) is 185 Å². The molecule has 0 aromatic heterocycles. The molecule has 2 nitrogen and oxygen atoms in total. The summed E-state index contributed by atoms with van der Waals surface area (Å²) in [5, 5.41) is 0. The SMILES string of the molecule is CC(C)(C)c1ccc(N2B3c4cc(C(C)(C)C)cc5c4N(c4cc6c(c(c43)-c3ccc(C(C)(C)C)cc32)C(C)(C)c2ccccc2-6)C2(C)CCCCC52C)cc1. The Morgan fingerprint density at radius 2 is 1.21 bits per heavy atom. The van der Waals surface area contributed by atoms with Gasteiger partial charge in [0.2, 0.25) is 0 Å².